The average molecular weight is 485 g/mol. The Hall–Kier alpha value is -3.46. The molecule has 5 rings (SSSR count). The summed E-state index contributed by atoms with van der Waals surface area (Å²) in [5.41, 5.74) is 12.3. The summed E-state index contributed by atoms with van der Waals surface area (Å²) in [5, 5.41) is 9.10. The number of halogens is 3. The molecule has 4 heterocycles. The molecule has 0 fully saturated rings. The van der Waals surface area contributed by atoms with Gasteiger partial charge < -0.3 is 10.5 Å². The minimum absolute atomic E-state index is 0.152. The summed E-state index contributed by atoms with van der Waals surface area (Å²) in [4.78, 5) is 4.28. The maximum absolute atomic E-state index is 13.4. The number of ether oxygens (including phenoxy) is 1. The standard InChI is InChI=1S/C24H23ClF2N6O/c1-12-4-5-16-17(6-12)13(2)34-19-8-14(9-29-24(19)28)22-18(7-15-10-32(3)30-21(15)16)23(25)31-33(22)11-20(26)27/h4-6,8-10,13,20H,7,11H2,1-3H3,(H2,28,29)/t13-/m1/s1. The number of hydrogen-bond acceptors (Lipinski definition) is 5. The Kier molecular flexibility index (Phi) is 5.51. The highest BCUT2D eigenvalue weighted by atomic mass is 35.5. The smallest absolute Gasteiger partial charge is 0.257 e. The molecule has 0 unspecified atom stereocenters. The van der Waals surface area contributed by atoms with Gasteiger partial charge in [-0.05, 0) is 19.9 Å². The molecule has 10 heteroatoms. The fourth-order valence-corrected chi connectivity index (χ4v) is 4.71. The van der Waals surface area contributed by atoms with Gasteiger partial charge in [-0.15, -0.1) is 0 Å². The number of benzene rings is 1. The van der Waals surface area contributed by atoms with Crippen LogP contribution < -0.4 is 10.5 Å². The largest absolute Gasteiger partial charge is 0.482 e. The molecular formula is C24H23ClF2N6O. The van der Waals surface area contributed by atoms with Gasteiger partial charge in [-0.1, -0.05) is 35.4 Å². The van der Waals surface area contributed by atoms with Crippen LogP contribution in [-0.2, 0) is 20.0 Å². The fraction of sp³-hybridized carbons (Fsp3) is 0.292. The predicted octanol–water partition coefficient (Wildman–Crippen LogP) is 5.20. The second-order valence-corrected chi connectivity index (χ2v) is 8.86. The molecule has 1 atom stereocenters. The molecule has 0 saturated carbocycles. The number of hydrogen-bond donors (Lipinski definition) is 1. The minimum Gasteiger partial charge on any atom is -0.482 e. The zero-order valence-corrected chi connectivity index (χ0v) is 19.6. The van der Waals surface area contributed by atoms with Crippen molar-refractivity contribution < 1.29 is 13.5 Å². The molecule has 1 aliphatic heterocycles. The van der Waals surface area contributed by atoms with E-state index in [0.29, 0.717) is 29.0 Å². The second-order valence-electron chi connectivity index (χ2n) is 8.50. The van der Waals surface area contributed by atoms with Crippen LogP contribution in [0.2, 0.25) is 5.15 Å². The molecule has 0 saturated heterocycles. The quantitative estimate of drug-likeness (QED) is 0.423. The van der Waals surface area contributed by atoms with Crippen LogP contribution in [0.1, 0.15) is 35.3 Å². The van der Waals surface area contributed by atoms with Crippen LogP contribution >= 0.6 is 11.6 Å². The van der Waals surface area contributed by atoms with E-state index in [1.165, 1.54) is 10.9 Å². The summed E-state index contributed by atoms with van der Waals surface area (Å²) >= 11 is 6.52. The Balaban J connectivity index is 1.81. The van der Waals surface area contributed by atoms with Crippen molar-refractivity contribution in [3.8, 4) is 28.3 Å². The summed E-state index contributed by atoms with van der Waals surface area (Å²) in [6, 6.07) is 7.81. The number of anilines is 1. The summed E-state index contributed by atoms with van der Waals surface area (Å²) < 4.78 is 36.0. The predicted molar refractivity (Wildman–Crippen MR) is 126 cm³/mol. The molecule has 176 valence electrons. The molecule has 0 aliphatic carbocycles. The lowest BCUT2D eigenvalue weighted by atomic mass is 9.93. The normalized spacial score (nSPS) is 15.1. The average Bonchev–Trinajstić information content (AvgIpc) is 3.27. The van der Waals surface area contributed by atoms with Gasteiger partial charge in [0.25, 0.3) is 6.43 Å². The van der Waals surface area contributed by atoms with E-state index in [2.05, 4.69) is 16.1 Å². The third kappa shape index (κ3) is 3.90. The second kappa shape index (κ2) is 8.39. The van der Waals surface area contributed by atoms with Gasteiger partial charge >= 0.3 is 0 Å². The van der Waals surface area contributed by atoms with E-state index in [4.69, 9.17) is 27.2 Å². The number of aryl methyl sites for hydroxylation is 2. The van der Waals surface area contributed by atoms with Crippen molar-refractivity contribution in [1.82, 2.24) is 24.5 Å². The lowest BCUT2D eigenvalue weighted by Crippen LogP contribution is -2.12. The molecule has 7 nitrogen and oxygen atoms in total. The van der Waals surface area contributed by atoms with Crippen molar-refractivity contribution in [2.24, 2.45) is 7.05 Å². The topological polar surface area (TPSA) is 83.8 Å². The number of alkyl halides is 2. The molecule has 0 radical (unpaired) electrons. The van der Waals surface area contributed by atoms with Crippen molar-refractivity contribution >= 4 is 17.4 Å². The van der Waals surface area contributed by atoms with Gasteiger partial charge in [-0.25, -0.2) is 13.8 Å². The summed E-state index contributed by atoms with van der Waals surface area (Å²) in [6.45, 7) is 3.35. The van der Waals surface area contributed by atoms with Crippen LogP contribution in [0, 0.1) is 6.92 Å². The number of fused-ring (bicyclic) bond motifs is 7. The number of aromatic nitrogens is 5. The molecule has 2 bridgehead atoms. The number of nitrogens with zero attached hydrogens (tertiary/aromatic N) is 5. The molecule has 3 aromatic heterocycles. The Morgan fingerprint density at radius 1 is 1.26 bits per heavy atom. The van der Waals surface area contributed by atoms with Gasteiger partial charge in [-0.2, -0.15) is 10.2 Å². The van der Waals surface area contributed by atoms with Crippen LogP contribution in [0.3, 0.4) is 0 Å². The first kappa shape index (κ1) is 22.3. The zero-order valence-electron chi connectivity index (χ0n) is 18.9. The van der Waals surface area contributed by atoms with Crippen LogP contribution in [0.25, 0.3) is 22.5 Å². The number of nitrogen functional groups attached to an aromatic ring is 1. The van der Waals surface area contributed by atoms with Gasteiger partial charge in [0, 0.05) is 53.7 Å². The molecule has 1 aromatic carbocycles. The van der Waals surface area contributed by atoms with Crippen LogP contribution in [-0.4, -0.2) is 31.0 Å². The zero-order chi connectivity index (χ0) is 24.1. The van der Waals surface area contributed by atoms with Crippen molar-refractivity contribution in [1.29, 1.82) is 0 Å². The number of pyridine rings is 1. The van der Waals surface area contributed by atoms with Crippen molar-refractivity contribution in [2.45, 2.75) is 39.3 Å². The molecule has 0 amide bonds. The number of nitrogens with two attached hydrogens (primary N) is 1. The van der Waals surface area contributed by atoms with E-state index in [9.17, 15) is 8.78 Å². The first-order valence-corrected chi connectivity index (χ1v) is 11.2. The molecule has 2 N–H and O–H groups in total. The summed E-state index contributed by atoms with van der Waals surface area (Å²) in [6.07, 6.45) is 0.802. The van der Waals surface area contributed by atoms with Gasteiger partial charge in [0.05, 0.1) is 11.4 Å². The Morgan fingerprint density at radius 3 is 2.82 bits per heavy atom. The van der Waals surface area contributed by atoms with Gasteiger partial charge in [0.15, 0.2) is 16.7 Å². The van der Waals surface area contributed by atoms with E-state index >= 15 is 0 Å². The molecule has 4 aromatic rings. The Bertz CT molecular complexity index is 1400. The maximum Gasteiger partial charge on any atom is 0.257 e. The lowest BCUT2D eigenvalue weighted by molar-refractivity contribution is 0.122. The Labute approximate surface area is 200 Å². The highest BCUT2D eigenvalue weighted by Gasteiger charge is 2.26. The van der Waals surface area contributed by atoms with E-state index in [1.807, 2.05) is 39.2 Å². The first-order valence-electron chi connectivity index (χ1n) is 10.8. The fourth-order valence-electron chi connectivity index (χ4n) is 4.46. The third-order valence-corrected chi connectivity index (χ3v) is 6.25. The third-order valence-electron chi connectivity index (χ3n) is 5.94. The van der Waals surface area contributed by atoms with Gasteiger partial charge in [0.2, 0.25) is 0 Å². The Morgan fingerprint density at radius 2 is 2.06 bits per heavy atom. The van der Waals surface area contributed by atoms with Crippen molar-refractivity contribution in [3.05, 3.63) is 64.1 Å². The minimum atomic E-state index is -2.61. The monoisotopic (exact) mass is 484 g/mol. The molecule has 0 spiro atoms. The maximum atomic E-state index is 13.4. The molecular weight excluding hydrogens is 462 g/mol. The van der Waals surface area contributed by atoms with Crippen LogP contribution in [0.5, 0.6) is 5.75 Å². The highest BCUT2D eigenvalue weighted by Crippen LogP contribution is 2.40. The van der Waals surface area contributed by atoms with E-state index < -0.39 is 13.0 Å². The summed E-state index contributed by atoms with van der Waals surface area (Å²) in [5.74, 6) is 0.555. The van der Waals surface area contributed by atoms with Crippen LogP contribution in [0.15, 0.2) is 36.7 Å². The highest BCUT2D eigenvalue weighted by molar-refractivity contribution is 6.30. The van der Waals surface area contributed by atoms with Crippen molar-refractivity contribution in [2.75, 3.05) is 5.73 Å². The van der Waals surface area contributed by atoms with Gasteiger partial charge in [-0.3, -0.25) is 9.36 Å². The summed E-state index contributed by atoms with van der Waals surface area (Å²) in [7, 11) is 1.84. The molecule has 34 heavy (non-hydrogen) atoms. The van der Waals surface area contributed by atoms with Gasteiger partial charge in [0.1, 0.15) is 12.6 Å². The SMILES string of the molecule is Cc1ccc2c(c1)[C@@H](C)Oc1cc(cnc1N)-c1c(c(Cl)nn1CC(F)F)Cc1cn(C)nc1-2. The lowest BCUT2D eigenvalue weighted by Gasteiger charge is -2.21. The van der Waals surface area contributed by atoms with Crippen molar-refractivity contribution in [3.63, 3.8) is 0 Å². The van der Waals surface area contributed by atoms with E-state index in [-0.39, 0.29) is 17.1 Å². The van der Waals surface area contributed by atoms with E-state index in [0.717, 1.165) is 27.9 Å². The van der Waals surface area contributed by atoms with Crippen LogP contribution in [0.4, 0.5) is 14.6 Å². The number of rotatable bonds is 2. The first-order chi connectivity index (χ1) is 16.2. The van der Waals surface area contributed by atoms with E-state index in [1.54, 1.807) is 10.7 Å². The molecule has 1 aliphatic rings.